The average Bonchev–Trinajstić information content (AvgIpc) is 2.43. The Labute approximate surface area is 120 Å². The van der Waals surface area contributed by atoms with Crippen molar-refractivity contribution in [1.82, 2.24) is 0 Å². The molecule has 0 radical (unpaired) electrons. The molecule has 1 heterocycles. The van der Waals surface area contributed by atoms with E-state index in [0.29, 0.717) is 34.7 Å². The minimum Gasteiger partial charge on any atom is -0.486 e. The van der Waals surface area contributed by atoms with Crippen molar-refractivity contribution >= 4 is 15.9 Å². The third-order valence-corrected chi connectivity index (χ3v) is 4.71. The molecule has 1 saturated carbocycles. The van der Waals surface area contributed by atoms with Gasteiger partial charge < -0.3 is 15.2 Å². The van der Waals surface area contributed by atoms with Gasteiger partial charge in [-0.3, -0.25) is 0 Å². The molecular formula is C14H17BrFNO2. The van der Waals surface area contributed by atoms with Gasteiger partial charge in [0.2, 0.25) is 0 Å². The zero-order valence-electron chi connectivity index (χ0n) is 10.7. The van der Waals surface area contributed by atoms with Gasteiger partial charge in [0.1, 0.15) is 19.0 Å². The first-order chi connectivity index (χ1) is 9.12. The molecule has 0 spiro atoms. The minimum atomic E-state index is -0.583. The smallest absolute Gasteiger partial charge is 0.178 e. The monoisotopic (exact) mass is 329 g/mol. The van der Waals surface area contributed by atoms with E-state index in [4.69, 9.17) is 15.2 Å². The third-order valence-electron chi connectivity index (χ3n) is 4.00. The molecule has 1 fully saturated rings. The highest BCUT2D eigenvalue weighted by Crippen LogP contribution is 2.45. The van der Waals surface area contributed by atoms with Crippen LogP contribution in [0.4, 0.5) is 4.39 Å². The van der Waals surface area contributed by atoms with E-state index < -0.39 is 5.54 Å². The molecule has 3 rings (SSSR count). The quantitative estimate of drug-likeness (QED) is 0.857. The van der Waals surface area contributed by atoms with Crippen molar-refractivity contribution in [3.63, 3.8) is 0 Å². The topological polar surface area (TPSA) is 44.5 Å². The van der Waals surface area contributed by atoms with Crippen LogP contribution >= 0.6 is 15.9 Å². The molecule has 0 saturated heterocycles. The molecule has 1 aromatic rings. The molecule has 0 bridgehead atoms. The van der Waals surface area contributed by atoms with Crippen LogP contribution in [-0.4, -0.2) is 13.2 Å². The van der Waals surface area contributed by atoms with Gasteiger partial charge in [0.15, 0.2) is 11.5 Å². The maximum Gasteiger partial charge on any atom is 0.178 e. The zero-order valence-corrected chi connectivity index (χ0v) is 12.3. The van der Waals surface area contributed by atoms with Gasteiger partial charge in [-0.25, -0.2) is 4.39 Å². The van der Waals surface area contributed by atoms with E-state index in [0.717, 1.165) is 25.7 Å². The van der Waals surface area contributed by atoms with Gasteiger partial charge >= 0.3 is 0 Å². The molecule has 0 amide bonds. The molecule has 19 heavy (non-hydrogen) atoms. The van der Waals surface area contributed by atoms with Crippen molar-refractivity contribution in [2.45, 2.75) is 37.6 Å². The lowest BCUT2D eigenvalue weighted by atomic mass is 9.77. The summed E-state index contributed by atoms with van der Waals surface area (Å²) in [6, 6.07) is 1.72. The van der Waals surface area contributed by atoms with Gasteiger partial charge in [0.25, 0.3) is 0 Å². The van der Waals surface area contributed by atoms with E-state index in [9.17, 15) is 4.39 Å². The summed E-state index contributed by atoms with van der Waals surface area (Å²) in [6.45, 7) is 0.931. The van der Waals surface area contributed by atoms with Crippen LogP contribution in [0.2, 0.25) is 0 Å². The second kappa shape index (κ2) is 4.94. The lowest BCUT2D eigenvalue weighted by Crippen LogP contribution is -2.39. The lowest BCUT2D eigenvalue weighted by molar-refractivity contribution is 0.168. The molecule has 1 aliphatic heterocycles. The molecule has 0 atom stereocenters. The highest BCUT2D eigenvalue weighted by Gasteiger charge is 2.35. The van der Waals surface area contributed by atoms with E-state index in [1.54, 1.807) is 6.07 Å². The summed E-state index contributed by atoms with van der Waals surface area (Å²) < 4.78 is 25.9. The summed E-state index contributed by atoms with van der Waals surface area (Å²) in [5, 5.41) is 0. The van der Waals surface area contributed by atoms with Crippen molar-refractivity contribution in [3.8, 4) is 11.5 Å². The second-order valence-electron chi connectivity index (χ2n) is 5.29. The summed E-state index contributed by atoms with van der Waals surface area (Å²) in [5.74, 6) is 0.727. The van der Waals surface area contributed by atoms with E-state index in [1.807, 2.05) is 0 Å². The first kappa shape index (κ1) is 13.2. The van der Waals surface area contributed by atoms with Crippen molar-refractivity contribution in [2.75, 3.05) is 13.2 Å². The van der Waals surface area contributed by atoms with E-state index in [2.05, 4.69) is 15.9 Å². The number of benzene rings is 1. The van der Waals surface area contributed by atoms with E-state index in [-0.39, 0.29) is 5.82 Å². The molecule has 5 heteroatoms. The maximum absolute atomic E-state index is 14.6. The van der Waals surface area contributed by atoms with Crippen LogP contribution in [0.15, 0.2) is 10.5 Å². The predicted octanol–water partition coefficient (Wildman–Crippen LogP) is 3.48. The number of ether oxygens (including phenoxy) is 2. The van der Waals surface area contributed by atoms with Gasteiger partial charge in [0.05, 0.1) is 4.47 Å². The van der Waals surface area contributed by atoms with Crippen LogP contribution in [-0.2, 0) is 5.54 Å². The number of nitrogens with two attached hydrogens (primary N) is 1. The summed E-state index contributed by atoms with van der Waals surface area (Å²) in [7, 11) is 0. The van der Waals surface area contributed by atoms with Gasteiger partial charge in [-0.1, -0.05) is 19.3 Å². The van der Waals surface area contributed by atoms with Crippen molar-refractivity contribution in [2.24, 2.45) is 5.73 Å². The summed E-state index contributed by atoms with van der Waals surface area (Å²) in [6.07, 6.45) is 4.89. The summed E-state index contributed by atoms with van der Waals surface area (Å²) in [4.78, 5) is 0. The fourth-order valence-corrected chi connectivity index (χ4v) is 3.46. The van der Waals surface area contributed by atoms with E-state index >= 15 is 0 Å². The molecule has 0 aromatic heterocycles. The Bertz CT molecular complexity index is 501. The fraction of sp³-hybridized carbons (Fsp3) is 0.571. The Morgan fingerprint density at radius 2 is 1.84 bits per heavy atom. The number of halogens is 2. The van der Waals surface area contributed by atoms with Crippen LogP contribution in [0.3, 0.4) is 0 Å². The van der Waals surface area contributed by atoms with Gasteiger partial charge in [-0.05, 0) is 34.8 Å². The van der Waals surface area contributed by atoms with Gasteiger partial charge in [-0.2, -0.15) is 0 Å². The molecule has 0 unspecified atom stereocenters. The largest absolute Gasteiger partial charge is 0.486 e. The van der Waals surface area contributed by atoms with Crippen LogP contribution in [0.5, 0.6) is 11.5 Å². The minimum absolute atomic E-state index is 0.311. The number of hydrogen-bond donors (Lipinski definition) is 1. The highest BCUT2D eigenvalue weighted by molar-refractivity contribution is 9.10. The van der Waals surface area contributed by atoms with Crippen LogP contribution in [0.25, 0.3) is 0 Å². The van der Waals surface area contributed by atoms with Crippen LogP contribution < -0.4 is 15.2 Å². The lowest BCUT2D eigenvalue weighted by Gasteiger charge is -2.35. The average molecular weight is 330 g/mol. The fourth-order valence-electron chi connectivity index (χ4n) is 2.94. The Hall–Kier alpha value is -0.810. The number of rotatable bonds is 1. The normalized spacial score (nSPS) is 21.2. The van der Waals surface area contributed by atoms with Gasteiger partial charge in [-0.15, -0.1) is 0 Å². The predicted molar refractivity (Wildman–Crippen MR) is 74.0 cm³/mol. The molecule has 1 aromatic carbocycles. The van der Waals surface area contributed by atoms with E-state index in [1.165, 1.54) is 6.42 Å². The molecule has 3 nitrogen and oxygen atoms in total. The zero-order chi connectivity index (χ0) is 13.5. The first-order valence-corrected chi connectivity index (χ1v) is 7.48. The van der Waals surface area contributed by atoms with Crippen LogP contribution in [0, 0.1) is 5.82 Å². The molecule has 1 aliphatic carbocycles. The molecule has 2 N–H and O–H groups in total. The Kier molecular flexibility index (Phi) is 3.43. The van der Waals surface area contributed by atoms with Crippen LogP contribution in [0.1, 0.15) is 37.7 Å². The third kappa shape index (κ3) is 2.23. The summed E-state index contributed by atoms with van der Waals surface area (Å²) >= 11 is 3.27. The highest BCUT2D eigenvalue weighted by atomic mass is 79.9. The Morgan fingerprint density at radius 1 is 1.16 bits per heavy atom. The summed E-state index contributed by atoms with van der Waals surface area (Å²) in [5.41, 5.74) is 6.39. The van der Waals surface area contributed by atoms with Gasteiger partial charge in [0, 0.05) is 11.1 Å². The first-order valence-electron chi connectivity index (χ1n) is 6.69. The van der Waals surface area contributed by atoms with Crippen molar-refractivity contribution in [3.05, 3.63) is 21.9 Å². The molecule has 104 valence electrons. The SMILES string of the molecule is NC1(c2cc3c(c(Br)c2F)OCCO3)CCCCC1. The number of hydrogen-bond acceptors (Lipinski definition) is 3. The second-order valence-corrected chi connectivity index (χ2v) is 6.09. The maximum atomic E-state index is 14.6. The number of fused-ring (bicyclic) bond motifs is 1. The Morgan fingerprint density at radius 3 is 2.58 bits per heavy atom. The molecule has 2 aliphatic rings. The Balaban J connectivity index is 2.08. The standard InChI is InChI=1S/C14H17BrFNO2/c15-11-12(16)9(14(17)4-2-1-3-5-14)8-10-13(11)19-7-6-18-10/h8H,1-7,17H2. The van der Waals surface area contributed by atoms with Crippen molar-refractivity contribution in [1.29, 1.82) is 0 Å². The van der Waals surface area contributed by atoms with Crippen molar-refractivity contribution < 1.29 is 13.9 Å². The molecular weight excluding hydrogens is 313 g/mol.